The third kappa shape index (κ3) is 2.35. The van der Waals surface area contributed by atoms with E-state index in [0.717, 1.165) is 16.1 Å². The van der Waals surface area contributed by atoms with Crippen molar-refractivity contribution in [2.75, 3.05) is 0 Å². The highest BCUT2D eigenvalue weighted by Gasteiger charge is 2.15. The number of pyridine rings is 1. The number of hydrogen-bond donors (Lipinski definition) is 0. The standard InChI is InChI=1S/C14H7Cl2N5S/c15-10-4-9(5-11(16)6-10)13-20-21-12(18-19-14(21)22-13)8-2-1-3-17-7-8/h1-7H. The zero-order chi connectivity index (χ0) is 15.1. The lowest BCUT2D eigenvalue weighted by molar-refractivity contribution is 0.969. The Morgan fingerprint density at radius 3 is 2.55 bits per heavy atom. The maximum atomic E-state index is 6.05. The Morgan fingerprint density at radius 2 is 1.82 bits per heavy atom. The van der Waals surface area contributed by atoms with E-state index in [1.807, 2.05) is 24.3 Å². The molecule has 0 bridgehead atoms. The summed E-state index contributed by atoms with van der Waals surface area (Å²) in [5, 5.41) is 14.8. The summed E-state index contributed by atoms with van der Waals surface area (Å²) in [4.78, 5) is 4.79. The Morgan fingerprint density at radius 1 is 1.00 bits per heavy atom. The SMILES string of the molecule is Clc1cc(Cl)cc(-c2nn3c(-c4cccnc4)nnc3s2)c1. The highest BCUT2D eigenvalue weighted by Crippen LogP contribution is 2.31. The van der Waals surface area contributed by atoms with Crippen molar-refractivity contribution in [1.29, 1.82) is 0 Å². The average molecular weight is 348 g/mol. The molecule has 0 saturated carbocycles. The summed E-state index contributed by atoms with van der Waals surface area (Å²) in [6.07, 6.45) is 3.44. The predicted octanol–water partition coefficient (Wildman–Crippen LogP) is 4.22. The van der Waals surface area contributed by atoms with Crippen molar-refractivity contribution in [1.82, 2.24) is 24.8 Å². The molecule has 5 nitrogen and oxygen atoms in total. The number of hydrogen-bond acceptors (Lipinski definition) is 5. The Kier molecular flexibility index (Phi) is 3.29. The molecule has 3 aromatic heterocycles. The molecule has 0 saturated heterocycles. The van der Waals surface area contributed by atoms with Crippen LogP contribution >= 0.6 is 34.5 Å². The van der Waals surface area contributed by atoms with E-state index in [1.54, 1.807) is 23.0 Å². The van der Waals surface area contributed by atoms with Gasteiger partial charge in [-0.1, -0.05) is 34.5 Å². The largest absolute Gasteiger partial charge is 0.264 e. The Bertz CT molecular complexity index is 944. The second kappa shape index (κ2) is 5.31. The van der Waals surface area contributed by atoms with Crippen LogP contribution in [0, 0.1) is 0 Å². The number of nitrogens with zero attached hydrogens (tertiary/aromatic N) is 5. The third-order valence-corrected chi connectivity index (χ3v) is 4.40. The van der Waals surface area contributed by atoms with Gasteiger partial charge in [-0.05, 0) is 30.3 Å². The van der Waals surface area contributed by atoms with E-state index in [1.165, 1.54) is 11.3 Å². The van der Waals surface area contributed by atoms with Crippen molar-refractivity contribution in [3.8, 4) is 22.0 Å². The van der Waals surface area contributed by atoms with Gasteiger partial charge in [0, 0.05) is 33.6 Å². The first-order valence-corrected chi connectivity index (χ1v) is 7.87. The Hall–Kier alpha value is -2.02. The minimum atomic E-state index is 0.570. The molecule has 108 valence electrons. The molecule has 0 radical (unpaired) electrons. The van der Waals surface area contributed by atoms with Crippen LogP contribution in [-0.4, -0.2) is 24.8 Å². The summed E-state index contributed by atoms with van der Waals surface area (Å²) in [6.45, 7) is 0. The highest BCUT2D eigenvalue weighted by molar-refractivity contribution is 7.19. The first-order chi connectivity index (χ1) is 10.7. The minimum Gasteiger partial charge on any atom is -0.264 e. The molecule has 0 N–H and O–H groups in total. The van der Waals surface area contributed by atoms with Crippen molar-refractivity contribution in [3.05, 3.63) is 52.8 Å². The van der Waals surface area contributed by atoms with Crippen molar-refractivity contribution in [2.24, 2.45) is 0 Å². The van der Waals surface area contributed by atoms with Gasteiger partial charge in [-0.15, -0.1) is 10.2 Å². The smallest absolute Gasteiger partial charge is 0.235 e. The third-order valence-electron chi connectivity index (χ3n) is 3.02. The monoisotopic (exact) mass is 347 g/mol. The molecule has 8 heteroatoms. The molecule has 0 atom stereocenters. The van der Waals surface area contributed by atoms with Gasteiger partial charge in [0.05, 0.1) is 0 Å². The van der Waals surface area contributed by atoms with E-state index >= 15 is 0 Å². The van der Waals surface area contributed by atoms with Gasteiger partial charge in [-0.2, -0.15) is 9.61 Å². The van der Waals surface area contributed by atoms with E-state index in [4.69, 9.17) is 23.2 Å². The summed E-state index contributed by atoms with van der Waals surface area (Å²) in [5.74, 6) is 0.652. The highest BCUT2D eigenvalue weighted by atomic mass is 35.5. The van der Waals surface area contributed by atoms with Crippen LogP contribution in [0.1, 0.15) is 0 Å². The zero-order valence-electron chi connectivity index (χ0n) is 10.9. The van der Waals surface area contributed by atoms with Crippen LogP contribution in [0.25, 0.3) is 26.9 Å². The molecule has 4 rings (SSSR count). The number of benzene rings is 1. The second-order valence-electron chi connectivity index (χ2n) is 4.53. The van der Waals surface area contributed by atoms with Gasteiger partial charge >= 0.3 is 0 Å². The molecular formula is C14H7Cl2N5S. The van der Waals surface area contributed by atoms with Crippen molar-refractivity contribution < 1.29 is 0 Å². The van der Waals surface area contributed by atoms with Crippen molar-refractivity contribution >= 4 is 39.5 Å². The van der Waals surface area contributed by atoms with E-state index in [2.05, 4.69) is 20.3 Å². The molecule has 0 amide bonds. The first-order valence-electron chi connectivity index (χ1n) is 6.30. The summed E-state index contributed by atoms with van der Waals surface area (Å²) >= 11 is 13.5. The second-order valence-corrected chi connectivity index (χ2v) is 6.35. The van der Waals surface area contributed by atoms with Gasteiger partial charge in [-0.3, -0.25) is 4.98 Å². The molecule has 0 unspecified atom stereocenters. The van der Waals surface area contributed by atoms with E-state index in [-0.39, 0.29) is 0 Å². The minimum absolute atomic E-state index is 0.570. The van der Waals surface area contributed by atoms with E-state index in [9.17, 15) is 0 Å². The Labute approximate surface area is 139 Å². The van der Waals surface area contributed by atoms with Gasteiger partial charge in [0.25, 0.3) is 0 Å². The topological polar surface area (TPSA) is 56.0 Å². The molecule has 1 aromatic carbocycles. The summed E-state index contributed by atoms with van der Waals surface area (Å²) in [7, 11) is 0. The average Bonchev–Trinajstić information content (AvgIpc) is 3.07. The van der Waals surface area contributed by atoms with Gasteiger partial charge in [0.2, 0.25) is 4.96 Å². The van der Waals surface area contributed by atoms with Crippen LogP contribution in [0.4, 0.5) is 0 Å². The van der Waals surface area contributed by atoms with Gasteiger partial charge in [-0.25, -0.2) is 0 Å². The summed E-state index contributed by atoms with van der Waals surface area (Å²) < 4.78 is 1.70. The maximum absolute atomic E-state index is 6.05. The number of halogens is 2. The van der Waals surface area contributed by atoms with Crippen LogP contribution in [-0.2, 0) is 0 Å². The molecule has 4 aromatic rings. The number of rotatable bonds is 2. The fraction of sp³-hybridized carbons (Fsp3) is 0. The molecular weight excluding hydrogens is 341 g/mol. The van der Waals surface area contributed by atoms with Crippen LogP contribution < -0.4 is 0 Å². The van der Waals surface area contributed by atoms with E-state index < -0.39 is 0 Å². The maximum Gasteiger partial charge on any atom is 0.235 e. The van der Waals surface area contributed by atoms with E-state index in [0.29, 0.717) is 20.8 Å². The van der Waals surface area contributed by atoms with Crippen LogP contribution in [0.2, 0.25) is 10.0 Å². The normalized spacial score (nSPS) is 11.2. The fourth-order valence-corrected chi connectivity index (χ4v) is 3.44. The summed E-state index contributed by atoms with van der Waals surface area (Å²) in [5.41, 5.74) is 1.71. The Balaban J connectivity index is 1.87. The quantitative estimate of drug-likeness (QED) is 0.544. The zero-order valence-corrected chi connectivity index (χ0v) is 13.3. The first kappa shape index (κ1) is 13.6. The lowest BCUT2D eigenvalue weighted by atomic mass is 10.2. The summed E-state index contributed by atoms with van der Waals surface area (Å²) in [6, 6.07) is 9.10. The molecule has 0 aliphatic heterocycles. The van der Waals surface area contributed by atoms with Crippen LogP contribution in [0.15, 0.2) is 42.7 Å². The molecule has 0 fully saturated rings. The molecule has 0 spiro atoms. The fourth-order valence-electron chi connectivity index (χ4n) is 2.09. The molecule has 0 aliphatic rings. The van der Waals surface area contributed by atoms with Crippen molar-refractivity contribution in [2.45, 2.75) is 0 Å². The van der Waals surface area contributed by atoms with Gasteiger partial charge in [0.15, 0.2) is 5.82 Å². The number of fused-ring (bicyclic) bond motifs is 1. The van der Waals surface area contributed by atoms with Gasteiger partial charge < -0.3 is 0 Å². The lowest BCUT2D eigenvalue weighted by Gasteiger charge is -1.98. The number of aromatic nitrogens is 5. The van der Waals surface area contributed by atoms with Crippen LogP contribution in [0.3, 0.4) is 0 Å². The lowest BCUT2D eigenvalue weighted by Crippen LogP contribution is -1.91. The van der Waals surface area contributed by atoms with Crippen molar-refractivity contribution in [3.63, 3.8) is 0 Å². The molecule has 3 heterocycles. The molecule has 0 aliphatic carbocycles. The van der Waals surface area contributed by atoms with Crippen LogP contribution in [0.5, 0.6) is 0 Å². The molecule has 22 heavy (non-hydrogen) atoms. The predicted molar refractivity (Wildman–Crippen MR) is 87.3 cm³/mol. The van der Waals surface area contributed by atoms with Gasteiger partial charge in [0.1, 0.15) is 5.01 Å².